The van der Waals surface area contributed by atoms with Gasteiger partial charge in [-0.2, -0.15) is 0 Å². The number of ether oxygens (including phenoxy) is 1. The summed E-state index contributed by atoms with van der Waals surface area (Å²) in [5.41, 5.74) is 1.15. The molecule has 0 saturated carbocycles. The number of likely N-dealkylation sites (N-methyl/N-ethyl adjacent to an activating group) is 2. The zero-order valence-corrected chi connectivity index (χ0v) is 13.1. The van der Waals surface area contributed by atoms with Crippen LogP contribution in [0, 0.1) is 0 Å². The van der Waals surface area contributed by atoms with E-state index in [1.165, 1.54) is 6.42 Å². The van der Waals surface area contributed by atoms with Crippen LogP contribution in [0.15, 0.2) is 24.3 Å². The highest BCUT2D eigenvalue weighted by atomic mass is 16.5. The monoisotopic (exact) mass is 277 g/mol. The molecule has 0 aliphatic carbocycles. The van der Waals surface area contributed by atoms with Crippen molar-refractivity contribution in [2.75, 3.05) is 46.2 Å². The molecule has 1 fully saturated rings. The molecule has 1 N–H and O–H groups in total. The number of nitrogens with one attached hydrogen (secondary N) is 1. The van der Waals surface area contributed by atoms with Crippen molar-refractivity contribution >= 4 is 5.69 Å². The molecule has 0 bridgehead atoms. The number of likely N-dealkylation sites (tertiary alicyclic amines) is 1. The fourth-order valence-corrected chi connectivity index (χ4v) is 2.56. The van der Waals surface area contributed by atoms with E-state index in [0.29, 0.717) is 12.1 Å². The molecule has 1 aliphatic rings. The molecule has 0 amide bonds. The highest BCUT2D eigenvalue weighted by Crippen LogP contribution is 2.22. The van der Waals surface area contributed by atoms with Crippen LogP contribution in [0.25, 0.3) is 0 Å². The summed E-state index contributed by atoms with van der Waals surface area (Å²) < 4.78 is 5.77. The summed E-state index contributed by atoms with van der Waals surface area (Å²) in [7, 11) is 6.30. The third-order valence-electron chi connectivity index (χ3n) is 3.90. The Morgan fingerprint density at radius 1 is 1.40 bits per heavy atom. The molecule has 0 spiro atoms. The number of benzene rings is 1. The Kier molecular flexibility index (Phi) is 5.26. The van der Waals surface area contributed by atoms with Crippen molar-refractivity contribution in [3.05, 3.63) is 24.3 Å². The molecular formula is C16H27N3O. The van der Waals surface area contributed by atoms with Gasteiger partial charge in [0.15, 0.2) is 0 Å². The molecule has 112 valence electrons. The van der Waals surface area contributed by atoms with Crippen LogP contribution in [0.4, 0.5) is 5.69 Å². The van der Waals surface area contributed by atoms with Gasteiger partial charge in [-0.25, -0.2) is 0 Å². The second kappa shape index (κ2) is 6.95. The number of nitrogens with zero attached hydrogens (tertiary/aromatic N) is 2. The van der Waals surface area contributed by atoms with Crippen LogP contribution < -0.4 is 10.1 Å². The van der Waals surface area contributed by atoms with E-state index in [1.54, 1.807) is 0 Å². The van der Waals surface area contributed by atoms with Gasteiger partial charge in [0.25, 0.3) is 0 Å². The molecule has 0 radical (unpaired) electrons. The second-order valence-electron chi connectivity index (χ2n) is 6.05. The van der Waals surface area contributed by atoms with E-state index in [4.69, 9.17) is 4.74 Å². The number of anilines is 1. The minimum Gasteiger partial charge on any atom is -0.492 e. The number of hydrogen-bond donors (Lipinski definition) is 1. The predicted octanol–water partition coefficient (Wildman–Crippen LogP) is 2.13. The van der Waals surface area contributed by atoms with Crippen molar-refractivity contribution in [1.29, 1.82) is 0 Å². The average molecular weight is 277 g/mol. The Balaban J connectivity index is 1.86. The van der Waals surface area contributed by atoms with Gasteiger partial charge in [0.05, 0.1) is 0 Å². The predicted molar refractivity (Wildman–Crippen MR) is 84.6 cm³/mol. The molecule has 0 aromatic heterocycles. The summed E-state index contributed by atoms with van der Waals surface area (Å²) in [5, 5.41) is 3.61. The van der Waals surface area contributed by atoms with Crippen molar-refractivity contribution < 1.29 is 4.74 Å². The van der Waals surface area contributed by atoms with Gasteiger partial charge >= 0.3 is 0 Å². The van der Waals surface area contributed by atoms with Gasteiger partial charge in [0, 0.05) is 36.9 Å². The lowest BCUT2D eigenvalue weighted by Crippen LogP contribution is -2.24. The quantitative estimate of drug-likeness (QED) is 0.862. The summed E-state index contributed by atoms with van der Waals surface area (Å²) >= 11 is 0. The fraction of sp³-hybridized carbons (Fsp3) is 0.625. The van der Waals surface area contributed by atoms with Gasteiger partial charge in [0.1, 0.15) is 12.4 Å². The Hall–Kier alpha value is -1.26. The van der Waals surface area contributed by atoms with E-state index in [0.717, 1.165) is 31.1 Å². The lowest BCUT2D eigenvalue weighted by molar-refractivity contribution is 0.261. The third kappa shape index (κ3) is 4.39. The summed E-state index contributed by atoms with van der Waals surface area (Å²) in [6.07, 6.45) is 1.20. The maximum atomic E-state index is 5.77. The molecule has 2 atom stereocenters. The van der Waals surface area contributed by atoms with Crippen LogP contribution in [0.3, 0.4) is 0 Å². The van der Waals surface area contributed by atoms with Crippen LogP contribution >= 0.6 is 0 Å². The SMILES string of the molecule is CC1CC(Nc2cccc(OCCN(C)C)c2)CN1C. The Labute approximate surface area is 122 Å². The molecule has 2 rings (SSSR count). The van der Waals surface area contributed by atoms with Gasteiger partial charge in [-0.3, -0.25) is 0 Å². The summed E-state index contributed by atoms with van der Waals surface area (Å²) in [6, 6.07) is 9.47. The smallest absolute Gasteiger partial charge is 0.121 e. The van der Waals surface area contributed by atoms with Gasteiger partial charge in [0.2, 0.25) is 0 Å². The Bertz CT molecular complexity index is 412. The van der Waals surface area contributed by atoms with E-state index in [2.05, 4.69) is 61.4 Å². The van der Waals surface area contributed by atoms with Gasteiger partial charge in [-0.1, -0.05) is 6.07 Å². The Morgan fingerprint density at radius 2 is 2.20 bits per heavy atom. The summed E-state index contributed by atoms with van der Waals surface area (Å²) in [6.45, 7) is 5.04. The molecule has 1 saturated heterocycles. The molecule has 4 heteroatoms. The summed E-state index contributed by atoms with van der Waals surface area (Å²) in [4.78, 5) is 4.52. The standard InChI is InChI=1S/C16H27N3O/c1-13-10-15(12-19(13)4)17-14-6-5-7-16(11-14)20-9-8-18(2)3/h5-7,11,13,15,17H,8-10,12H2,1-4H3. The Morgan fingerprint density at radius 3 is 2.85 bits per heavy atom. The van der Waals surface area contributed by atoms with Crippen molar-refractivity contribution in [2.24, 2.45) is 0 Å². The fourth-order valence-electron chi connectivity index (χ4n) is 2.56. The van der Waals surface area contributed by atoms with Crippen LogP contribution in [0.5, 0.6) is 5.75 Å². The average Bonchev–Trinajstić information content (AvgIpc) is 2.68. The molecule has 4 nitrogen and oxygen atoms in total. The maximum absolute atomic E-state index is 5.77. The van der Waals surface area contributed by atoms with Gasteiger partial charge in [-0.05, 0) is 46.6 Å². The number of rotatable bonds is 6. The number of hydrogen-bond acceptors (Lipinski definition) is 4. The molecule has 1 aromatic rings. The zero-order chi connectivity index (χ0) is 14.5. The first-order chi connectivity index (χ1) is 9.54. The van der Waals surface area contributed by atoms with Crippen molar-refractivity contribution in [1.82, 2.24) is 9.80 Å². The van der Waals surface area contributed by atoms with Gasteiger partial charge in [-0.15, -0.1) is 0 Å². The van der Waals surface area contributed by atoms with Crippen LogP contribution in [0.1, 0.15) is 13.3 Å². The van der Waals surface area contributed by atoms with Crippen LogP contribution in [-0.2, 0) is 0 Å². The lowest BCUT2D eigenvalue weighted by Gasteiger charge is -2.16. The van der Waals surface area contributed by atoms with Crippen molar-refractivity contribution in [3.8, 4) is 5.75 Å². The topological polar surface area (TPSA) is 27.7 Å². The maximum Gasteiger partial charge on any atom is 0.121 e. The van der Waals surface area contributed by atoms with E-state index in [-0.39, 0.29) is 0 Å². The van der Waals surface area contributed by atoms with Gasteiger partial charge < -0.3 is 19.9 Å². The molecule has 1 aliphatic heterocycles. The van der Waals surface area contributed by atoms with E-state index < -0.39 is 0 Å². The van der Waals surface area contributed by atoms with Crippen LogP contribution in [-0.4, -0.2) is 62.7 Å². The molecule has 1 aromatic carbocycles. The first kappa shape index (κ1) is 15.1. The second-order valence-corrected chi connectivity index (χ2v) is 6.05. The van der Waals surface area contributed by atoms with Crippen molar-refractivity contribution in [3.63, 3.8) is 0 Å². The normalized spacial score (nSPS) is 23.2. The first-order valence-electron chi connectivity index (χ1n) is 7.39. The minimum absolute atomic E-state index is 0.534. The zero-order valence-electron chi connectivity index (χ0n) is 13.1. The largest absolute Gasteiger partial charge is 0.492 e. The van der Waals surface area contributed by atoms with E-state index in [9.17, 15) is 0 Å². The highest BCUT2D eigenvalue weighted by Gasteiger charge is 2.25. The summed E-state index contributed by atoms with van der Waals surface area (Å²) in [5.74, 6) is 0.941. The highest BCUT2D eigenvalue weighted by molar-refractivity contribution is 5.49. The molecular weight excluding hydrogens is 250 g/mol. The molecule has 1 heterocycles. The minimum atomic E-state index is 0.534. The first-order valence-corrected chi connectivity index (χ1v) is 7.39. The van der Waals surface area contributed by atoms with Crippen LogP contribution in [0.2, 0.25) is 0 Å². The lowest BCUT2D eigenvalue weighted by atomic mass is 10.2. The molecule has 2 unspecified atom stereocenters. The van der Waals surface area contributed by atoms with E-state index >= 15 is 0 Å². The van der Waals surface area contributed by atoms with E-state index in [1.807, 2.05) is 6.07 Å². The van der Waals surface area contributed by atoms with Crippen molar-refractivity contribution in [2.45, 2.75) is 25.4 Å². The third-order valence-corrected chi connectivity index (χ3v) is 3.90. The molecule has 20 heavy (non-hydrogen) atoms.